The minimum absolute atomic E-state index is 0.0689. The monoisotopic (exact) mass is 764 g/mol. The first-order chi connectivity index (χ1) is 25.7. The van der Waals surface area contributed by atoms with Crippen LogP contribution >= 0.6 is 11.6 Å². The number of halogens is 1. The van der Waals surface area contributed by atoms with Crippen molar-refractivity contribution >= 4 is 17.7 Å². The van der Waals surface area contributed by atoms with Crippen molar-refractivity contribution < 1.29 is 33.9 Å². The van der Waals surface area contributed by atoms with E-state index in [1.165, 1.54) is 11.1 Å². The first kappa shape index (κ1) is 41.6. The predicted octanol–water partition coefficient (Wildman–Crippen LogP) is 9.64. The van der Waals surface area contributed by atoms with Crippen molar-refractivity contribution in [3.8, 4) is 0 Å². The van der Waals surface area contributed by atoms with Gasteiger partial charge in [-0.25, -0.2) is 0 Å². The molecule has 8 heteroatoms. The first-order valence-corrected chi connectivity index (χ1v) is 20.8. The van der Waals surface area contributed by atoms with Gasteiger partial charge >= 0.3 is 0 Å². The molecule has 0 radical (unpaired) electrons. The molecule has 5 heterocycles. The lowest BCUT2D eigenvalue weighted by Crippen LogP contribution is -2.59. The Balaban J connectivity index is 1.07. The van der Waals surface area contributed by atoms with Gasteiger partial charge in [0.2, 0.25) is 0 Å². The van der Waals surface area contributed by atoms with Gasteiger partial charge in [-0.1, -0.05) is 85.3 Å². The Morgan fingerprint density at radius 1 is 0.870 bits per heavy atom. The summed E-state index contributed by atoms with van der Waals surface area (Å²) in [7, 11) is 0. The third-order valence-corrected chi connectivity index (χ3v) is 13.3. The van der Waals surface area contributed by atoms with Gasteiger partial charge in [0, 0.05) is 17.9 Å². The molecule has 298 valence electrons. The van der Waals surface area contributed by atoms with E-state index in [1.807, 2.05) is 37.3 Å². The third-order valence-electron chi connectivity index (χ3n) is 13.1. The maximum absolute atomic E-state index is 11.8. The molecule has 0 bridgehead atoms. The number of rotatable bonds is 10. The minimum atomic E-state index is -0.925. The largest absolute Gasteiger partial charge is 0.390 e. The third kappa shape index (κ3) is 9.71. The van der Waals surface area contributed by atoms with Gasteiger partial charge in [-0.15, -0.1) is 0 Å². The second-order valence-corrected chi connectivity index (χ2v) is 17.9. The standard InChI is InChI=1S/C46H65ClO7/c1-8-9-10-11-18-40-44(5,49)25-23-37-38(50-40)24-26-45(6)42(51-37)28-39-43(54-45)35(48)29-46(7)41(52-39)27-32(4)36(53-46)17-13-15-31(3)30(2)14-12-16-33-19-21-34(47)22-20-33/h8-10,12,14-16,19-22,32,35-43,48-49H,1,11,13,17-18,23-29H2,2-7H3. The first-order valence-electron chi connectivity index (χ1n) is 20.5. The normalized spacial score (nSPS) is 41.9. The summed E-state index contributed by atoms with van der Waals surface area (Å²) in [6, 6.07) is 7.83. The van der Waals surface area contributed by atoms with Crippen LogP contribution in [0.5, 0.6) is 0 Å². The van der Waals surface area contributed by atoms with Gasteiger partial charge < -0.3 is 33.9 Å². The van der Waals surface area contributed by atoms with Gasteiger partial charge in [0.1, 0.15) is 6.10 Å². The molecular weight excluding hydrogens is 700 g/mol. The van der Waals surface area contributed by atoms with E-state index in [-0.39, 0.29) is 42.7 Å². The smallest absolute Gasteiger partial charge is 0.111 e. The Morgan fingerprint density at radius 2 is 1.57 bits per heavy atom. The zero-order valence-electron chi connectivity index (χ0n) is 33.4. The number of hydrogen-bond acceptors (Lipinski definition) is 7. The maximum Gasteiger partial charge on any atom is 0.111 e. The van der Waals surface area contributed by atoms with Gasteiger partial charge in [-0.05, 0) is 122 Å². The van der Waals surface area contributed by atoms with Crippen LogP contribution in [0.3, 0.4) is 0 Å². The van der Waals surface area contributed by atoms with Crippen LogP contribution in [-0.2, 0) is 23.7 Å². The minimum Gasteiger partial charge on any atom is -0.390 e. The molecule has 13 unspecified atom stereocenters. The summed E-state index contributed by atoms with van der Waals surface area (Å²) in [5.74, 6) is 0.310. The Hall–Kier alpha value is -2.07. The van der Waals surface area contributed by atoms with Crippen molar-refractivity contribution in [1.82, 2.24) is 0 Å². The molecule has 1 aromatic carbocycles. The highest BCUT2D eigenvalue weighted by atomic mass is 35.5. The quantitative estimate of drug-likeness (QED) is 0.230. The molecule has 2 N–H and O–H groups in total. The fourth-order valence-corrected chi connectivity index (χ4v) is 9.53. The summed E-state index contributed by atoms with van der Waals surface area (Å²) < 4.78 is 34.5. The average Bonchev–Trinajstić information content (AvgIpc) is 3.38. The van der Waals surface area contributed by atoms with Crippen molar-refractivity contribution in [2.24, 2.45) is 5.92 Å². The predicted molar refractivity (Wildman–Crippen MR) is 216 cm³/mol. The van der Waals surface area contributed by atoms with Crippen LogP contribution in [0.2, 0.25) is 5.02 Å². The van der Waals surface area contributed by atoms with Crippen molar-refractivity contribution in [1.29, 1.82) is 0 Å². The van der Waals surface area contributed by atoms with Gasteiger partial charge in [0.05, 0.1) is 65.6 Å². The summed E-state index contributed by atoms with van der Waals surface area (Å²) >= 11 is 6.02. The summed E-state index contributed by atoms with van der Waals surface area (Å²) in [6.07, 6.45) is 20.3. The van der Waals surface area contributed by atoms with Crippen LogP contribution < -0.4 is 0 Å². The summed E-state index contributed by atoms with van der Waals surface area (Å²) in [4.78, 5) is 0. The number of allylic oxidation sites excluding steroid dienone is 8. The zero-order valence-corrected chi connectivity index (χ0v) is 34.2. The number of benzene rings is 1. The van der Waals surface area contributed by atoms with E-state index in [0.717, 1.165) is 62.0 Å². The molecule has 0 aromatic heterocycles. The van der Waals surface area contributed by atoms with E-state index in [2.05, 4.69) is 71.6 Å². The molecule has 6 rings (SSSR count). The van der Waals surface area contributed by atoms with Crippen molar-refractivity contribution in [3.63, 3.8) is 0 Å². The van der Waals surface area contributed by atoms with E-state index < -0.39 is 29.0 Å². The van der Waals surface area contributed by atoms with Crippen molar-refractivity contribution in [2.75, 3.05) is 0 Å². The van der Waals surface area contributed by atoms with Gasteiger partial charge in [0.15, 0.2) is 0 Å². The number of hydrogen-bond donors (Lipinski definition) is 2. The Bertz CT molecular complexity index is 1550. The van der Waals surface area contributed by atoms with Crippen LogP contribution in [0.25, 0.3) is 6.08 Å². The molecule has 13 atom stereocenters. The highest BCUT2D eigenvalue weighted by Gasteiger charge is 2.58. The number of ether oxygens (including phenoxy) is 5. The van der Waals surface area contributed by atoms with Crippen molar-refractivity contribution in [3.05, 3.63) is 89.0 Å². The van der Waals surface area contributed by atoms with E-state index in [1.54, 1.807) is 6.08 Å². The molecule has 0 spiro atoms. The van der Waals surface area contributed by atoms with Crippen LogP contribution in [0.15, 0.2) is 78.4 Å². The van der Waals surface area contributed by atoms with E-state index in [0.29, 0.717) is 25.2 Å². The molecular formula is C46H65ClO7. The van der Waals surface area contributed by atoms with Crippen LogP contribution in [0.1, 0.15) is 118 Å². The van der Waals surface area contributed by atoms with Crippen LogP contribution in [0.4, 0.5) is 0 Å². The van der Waals surface area contributed by atoms with Gasteiger partial charge in [-0.2, -0.15) is 0 Å². The van der Waals surface area contributed by atoms with E-state index in [4.69, 9.17) is 35.3 Å². The van der Waals surface area contributed by atoms with Gasteiger partial charge in [0.25, 0.3) is 0 Å². The van der Waals surface area contributed by atoms with Gasteiger partial charge in [-0.3, -0.25) is 0 Å². The molecule has 5 fully saturated rings. The Kier molecular flexibility index (Phi) is 13.5. The molecule has 7 nitrogen and oxygen atoms in total. The number of aliphatic hydroxyl groups excluding tert-OH is 1. The average molecular weight is 765 g/mol. The topological polar surface area (TPSA) is 86.6 Å². The van der Waals surface area contributed by atoms with E-state index in [9.17, 15) is 10.2 Å². The summed E-state index contributed by atoms with van der Waals surface area (Å²) in [5, 5.41) is 24.0. The molecule has 5 aliphatic heterocycles. The highest BCUT2D eigenvalue weighted by Crippen LogP contribution is 2.49. The summed E-state index contributed by atoms with van der Waals surface area (Å²) in [6.45, 7) is 16.5. The van der Waals surface area contributed by atoms with Crippen molar-refractivity contribution in [2.45, 2.75) is 184 Å². The Labute approximate surface area is 329 Å². The second kappa shape index (κ2) is 17.6. The summed E-state index contributed by atoms with van der Waals surface area (Å²) in [5.41, 5.74) is 1.48. The van der Waals surface area contributed by atoms with Crippen LogP contribution in [-0.4, -0.2) is 82.0 Å². The van der Waals surface area contributed by atoms with Crippen LogP contribution in [0, 0.1) is 5.92 Å². The number of fused-ring (bicyclic) bond motifs is 4. The molecule has 5 saturated heterocycles. The molecule has 5 aliphatic rings. The van der Waals surface area contributed by atoms with E-state index >= 15 is 0 Å². The lowest BCUT2D eigenvalue weighted by molar-refractivity contribution is -0.273. The lowest BCUT2D eigenvalue weighted by atomic mass is 9.79. The Morgan fingerprint density at radius 3 is 2.33 bits per heavy atom. The second-order valence-electron chi connectivity index (χ2n) is 17.5. The lowest BCUT2D eigenvalue weighted by Gasteiger charge is -2.49. The molecule has 1 aromatic rings. The molecule has 0 amide bonds. The molecule has 0 saturated carbocycles. The molecule has 0 aliphatic carbocycles. The highest BCUT2D eigenvalue weighted by molar-refractivity contribution is 6.30. The fraction of sp³-hybridized carbons (Fsp3) is 0.652. The molecule has 54 heavy (non-hydrogen) atoms. The number of aliphatic hydroxyl groups is 2. The fourth-order valence-electron chi connectivity index (χ4n) is 9.41. The SMILES string of the molecule is C=CC=CCCC1OC2CCC3(C)OC4C(O)CC5(C)OC(CCC=C(C)C(C)=CC=Cc6ccc(Cl)cc6)C(C)CC5OC4CC3OC2CCC1(C)O. The zero-order chi connectivity index (χ0) is 38.7. The maximum atomic E-state index is 11.8.